The van der Waals surface area contributed by atoms with Crippen molar-refractivity contribution in [1.82, 2.24) is 0 Å². The highest BCUT2D eigenvalue weighted by Gasteiger charge is 1.73. The van der Waals surface area contributed by atoms with E-state index < -0.39 is 0 Å². The predicted molar refractivity (Wildman–Crippen MR) is 59.0 cm³/mol. The van der Waals surface area contributed by atoms with Crippen LogP contribution in [0.15, 0.2) is 16.6 Å². The summed E-state index contributed by atoms with van der Waals surface area (Å²) in [6.45, 7) is 13.5. The van der Waals surface area contributed by atoms with Gasteiger partial charge in [-0.1, -0.05) is 26.8 Å². The third-order valence-electron chi connectivity index (χ3n) is 0.933. The summed E-state index contributed by atoms with van der Waals surface area (Å²) in [4.78, 5) is 4.05. The molecule has 0 spiro atoms. The molecule has 0 aromatic rings. The number of aliphatic imine (C=N–C) groups is 1. The monoisotopic (exact) mass is 169 g/mol. The summed E-state index contributed by atoms with van der Waals surface area (Å²) in [7, 11) is 0. The van der Waals surface area contributed by atoms with Gasteiger partial charge in [-0.25, -0.2) is 0 Å². The zero-order valence-electron chi connectivity index (χ0n) is 9.39. The molecule has 0 aromatic heterocycles. The Morgan fingerprint density at radius 1 is 1.33 bits per heavy atom. The molecule has 1 nitrogen and oxygen atoms in total. The molecule has 0 unspecified atom stereocenters. The Labute approximate surface area is 77.6 Å². The molecule has 0 atom stereocenters. The van der Waals surface area contributed by atoms with Gasteiger partial charge in [0.1, 0.15) is 0 Å². The van der Waals surface area contributed by atoms with Gasteiger partial charge in [-0.3, -0.25) is 4.99 Å². The summed E-state index contributed by atoms with van der Waals surface area (Å²) in [6, 6.07) is 0. The van der Waals surface area contributed by atoms with E-state index in [0.717, 1.165) is 12.5 Å². The topological polar surface area (TPSA) is 12.4 Å². The van der Waals surface area contributed by atoms with E-state index in [4.69, 9.17) is 0 Å². The zero-order valence-corrected chi connectivity index (χ0v) is 9.39. The van der Waals surface area contributed by atoms with Gasteiger partial charge in [-0.15, -0.1) is 0 Å². The fraction of sp³-hybridized carbons (Fsp3) is 0.727. The lowest BCUT2D eigenvalue weighted by Crippen LogP contribution is -1.76. The van der Waals surface area contributed by atoms with Crippen LogP contribution >= 0.6 is 0 Å². The van der Waals surface area contributed by atoms with Gasteiger partial charge in [-0.2, -0.15) is 0 Å². The largest absolute Gasteiger partial charge is 0.293 e. The molecule has 0 fully saturated rings. The molecular formula is C11H23N. The number of nitrogens with zero attached hydrogens (tertiary/aromatic N) is 1. The van der Waals surface area contributed by atoms with Crippen LogP contribution in [0, 0.1) is 5.92 Å². The summed E-state index contributed by atoms with van der Waals surface area (Å²) < 4.78 is 0. The average Bonchev–Trinajstić information content (AvgIpc) is 1.99. The first-order chi connectivity index (χ1) is 5.54. The fourth-order valence-electron chi connectivity index (χ4n) is 0.310. The first-order valence-corrected chi connectivity index (χ1v) is 4.67. The smallest absolute Gasteiger partial charge is 0.0361 e. The van der Waals surface area contributed by atoms with Crippen molar-refractivity contribution in [3.63, 3.8) is 0 Å². The molecule has 0 aliphatic carbocycles. The Hall–Kier alpha value is -0.590. The normalized spacial score (nSPS) is 11.8. The minimum Gasteiger partial charge on any atom is -0.293 e. The Kier molecular flexibility index (Phi) is 12.1. The molecule has 12 heavy (non-hydrogen) atoms. The molecule has 0 heterocycles. The molecular weight excluding hydrogens is 146 g/mol. The van der Waals surface area contributed by atoms with E-state index in [-0.39, 0.29) is 0 Å². The van der Waals surface area contributed by atoms with Gasteiger partial charge in [0.2, 0.25) is 0 Å². The lowest BCUT2D eigenvalue weighted by atomic mass is 10.3. The highest BCUT2D eigenvalue weighted by molar-refractivity contribution is 5.77. The maximum absolute atomic E-state index is 4.05. The van der Waals surface area contributed by atoms with Crippen LogP contribution in [0.2, 0.25) is 0 Å². The van der Waals surface area contributed by atoms with Crippen molar-refractivity contribution in [1.29, 1.82) is 0 Å². The molecule has 0 radical (unpaired) electrons. The Balaban J connectivity index is 0. The SMILES string of the molecule is C/C=C(/C)C=NCC.CC(C)C. The first kappa shape index (κ1) is 14.0. The van der Waals surface area contributed by atoms with Gasteiger partial charge in [0.15, 0.2) is 0 Å². The quantitative estimate of drug-likeness (QED) is 0.559. The van der Waals surface area contributed by atoms with Crippen LogP contribution in [-0.2, 0) is 0 Å². The van der Waals surface area contributed by atoms with Crippen molar-refractivity contribution >= 4 is 6.21 Å². The van der Waals surface area contributed by atoms with E-state index in [1.807, 2.05) is 33.1 Å². The molecule has 1 heteroatoms. The van der Waals surface area contributed by atoms with Gasteiger partial charge in [0.25, 0.3) is 0 Å². The second kappa shape index (κ2) is 10.4. The standard InChI is InChI=1S/C7H13N.C4H10/c1-4-7(3)6-8-5-2;1-4(2)3/h4,6H,5H2,1-3H3;4H,1-3H3/b7-4-,8-6?;. The van der Waals surface area contributed by atoms with E-state index in [0.29, 0.717) is 0 Å². The number of hydrogen-bond acceptors (Lipinski definition) is 1. The Bertz CT molecular complexity index is 129. The van der Waals surface area contributed by atoms with Crippen LogP contribution in [0.25, 0.3) is 0 Å². The van der Waals surface area contributed by atoms with Crippen LogP contribution in [-0.4, -0.2) is 12.8 Å². The third-order valence-corrected chi connectivity index (χ3v) is 0.933. The van der Waals surface area contributed by atoms with Crippen LogP contribution in [0.4, 0.5) is 0 Å². The van der Waals surface area contributed by atoms with E-state index in [2.05, 4.69) is 25.8 Å². The van der Waals surface area contributed by atoms with Crippen molar-refractivity contribution in [2.24, 2.45) is 10.9 Å². The average molecular weight is 169 g/mol. The highest BCUT2D eigenvalue weighted by atomic mass is 14.7. The molecule has 0 rings (SSSR count). The summed E-state index contributed by atoms with van der Waals surface area (Å²) in [6.07, 6.45) is 3.93. The van der Waals surface area contributed by atoms with Crippen molar-refractivity contribution in [2.45, 2.75) is 41.5 Å². The number of rotatable bonds is 2. The minimum atomic E-state index is 0.833. The molecule has 0 amide bonds. The van der Waals surface area contributed by atoms with Gasteiger partial charge >= 0.3 is 0 Å². The molecule has 72 valence electrons. The third kappa shape index (κ3) is 22.7. The zero-order chi connectivity index (χ0) is 9.98. The maximum Gasteiger partial charge on any atom is 0.0361 e. The number of allylic oxidation sites excluding steroid dienone is 2. The molecule has 0 N–H and O–H groups in total. The number of hydrogen-bond donors (Lipinski definition) is 0. The fourth-order valence-corrected chi connectivity index (χ4v) is 0.310. The first-order valence-electron chi connectivity index (χ1n) is 4.67. The van der Waals surface area contributed by atoms with Gasteiger partial charge in [0, 0.05) is 12.8 Å². The van der Waals surface area contributed by atoms with E-state index in [9.17, 15) is 0 Å². The lowest BCUT2D eigenvalue weighted by Gasteiger charge is -1.83. The predicted octanol–water partition coefficient (Wildman–Crippen LogP) is 3.71. The Morgan fingerprint density at radius 3 is 2.00 bits per heavy atom. The molecule has 0 saturated heterocycles. The lowest BCUT2D eigenvalue weighted by molar-refractivity contribution is 0.737. The second-order valence-electron chi connectivity index (χ2n) is 3.39. The maximum atomic E-state index is 4.05. The van der Waals surface area contributed by atoms with Crippen LogP contribution in [0.1, 0.15) is 41.5 Å². The van der Waals surface area contributed by atoms with Crippen LogP contribution in [0.3, 0.4) is 0 Å². The van der Waals surface area contributed by atoms with Crippen LogP contribution in [0.5, 0.6) is 0 Å². The highest BCUT2D eigenvalue weighted by Crippen LogP contribution is 1.84. The Morgan fingerprint density at radius 2 is 1.75 bits per heavy atom. The summed E-state index contributed by atoms with van der Waals surface area (Å²) >= 11 is 0. The molecule has 0 aliphatic rings. The molecule has 0 aliphatic heterocycles. The summed E-state index contributed by atoms with van der Waals surface area (Å²) in [5.74, 6) is 0.833. The minimum absolute atomic E-state index is 0.833. The van der Waals surface area contributed by atoms with E-state index in [1.165, 1.54) is 5.57 Å². The van der Waals surface area contributed by atoms with E-state index in [1.54, 1.807) is 0 Å². The van der Waals surface area contributed by atoms with Crippen molar-refractivity contribution < 1.29 is 0 Å². The molecule has 0 bridgehead atoms. The van der Waals surface area contributed by atoms with Gasteiger partial charge in [-0.05, 0) is 32.3 Å². The summed E-state index contributed by atoms with van der Waals surface area (Å²) in [5.41, 5.74) is 1.23. The molecule has 0 aromatic carbocycles. The second-order valence-corrected chi connectivity index (χ2v) is 3.39. The van der Waals surface area contributed by atoms with E-state index >= 15 is 0 Å². The van der Waals surface area contributed by atoms with Gasteiger partial charge in [0.05, 0.1) is 0 Å². The van der Waals surface area contributed by atoms with Crippen molar-refractivity contribution in [3.05, 3.63) is 11.6 Å². The van der Waals surface area contributed by atoms with Gasteiger partial charge < -0.3 is 0 Å². The van der Waals surface area contributed by atoms with Crippen molar-refractivity contribution in [2.75, 3.05) is 6.54 Å². The van der Waals surface area contributed by atoms with Crippen LogP contribution < -0.4 is 0 Å². The molecule has 0 saturated carbocycles. The van der Waals surface area contributed by atoms with Crippen molar-refractivity contribution in [3.8, 4) is 0 Å². The summed E-state index contributed by atoms with van der Waals surface area (Å²) in [5, 5.41) is 0.